The number of rotatable bonds is 2. The summed E-state index contributed by atoms with van der Waals surface area (Å²) in [6, 6.07) is 5.24. The van der Waals surface area contributed by atoms with Gasteiger partial charge in [0.15, 0.2) is 5.78 Å². The standard InChI is InChI=1S/C12H14BrNO2/c1-7-4-5-16-12(7)11(15)8-2-3-10(14)9(13)6-8/h2-3,6-7,12H,4-5,14H2,1H3. The first kappa shape index (κ1) is 11.6. The third-order valence-corrected chi connectivity index (χ3v) is 3.62. The molecule has 1 aromatic rings. The van der Waals surface area contributed by atoms with E-state index in [4.69, 9.17) is 10.5 Å². The van der Waals surface area contributed by atoms with Crippen LogP contribution in [0.3, 0.4) is 0 Å². The molecule has 1 aliphatic heterocycles. The van der Waals surface area contributed by atoms with Crippen molar-refractivity contribution in [3.05, 3.63) is 28.2 Å². The van der Waals surface area contributed by atoms with Crippen LogP contribution >= 0.6 is 15.9 Å². The van der Waals surface area contributed by atoms with Crippen LogP contribution in [0.4, 0.5) is 5.69 Å². The smallest absolute Gasteiger partial charge is 0.191 e. The highest BCUT2D eigenvalue weighted by atomic mass is 79.9. The molecule has 2 N–H and O–H groups in total. The Bertz CT molecular complexity index is 419. The molecule has 2 unspecified atom stereocenters. The number of nitrogens with two attached hydrogens (primary N) is 1. The van der Waals surface area contributed by atoms with E-state index in [0.29, 0.717) is 23.8 Å². The van der Waals surface area contributed by atoms with Crippen molar-refractivity contribution in [1.29, 1.82) is 0 Å². The number of hydrogen-bond acceptors (Lipinski definition) is 3. The molecule has 16 heavy (non-hydrogen) atoms. The molecule has 0 aliphatic carbocycles. The van der Waals surface area contributed by atoms with Crippen molar-refractivity contribution in [3.8, 4) is 0 Å². The predicted octanol–water partition coefficient (Wildman–Crippen LogP) is 2.64. The normalized spacial score (nSPS) is 24.6. The van der Waals surface area contributed by atoms with Crippen LogP contribution in [0.5, 0.6) is 0 Å². The van der Waals surface area contributed by atoms with E-state index in [2.05, 4.69) is 15.9 Å². The third kappa shape index (κ3) is 2.13. The van der Waals surface area contributed by atoms with Gasteiger partial charge in [0.25, 0.3) is 0 Å². The van der Waals surface area contributed by atoms with E-state index in [1.807, 2.05) is 6.92 Å². The largest absolute Gasteiger partial charge is 0.398 e. The fraction of sp³-hybridized carbons (Fsp3) is 0.417. The summed E-state index contributed by atoms with van der Waals surface area (Å²) in [6.07, 6.45) is 0.655. The number of nitrogen functional groups attached to an aromatic ring is 1. The summed E-state index contributed by atoms with van der Waals surface area (Å²) in [6.45, 7) is 2.72. The molecular formula is C12H14BrNO2. The van der Waals surface area contributed by atoms with Crippen LogP contribution in [0, 0.1) is 5.92 Å². The zero-order valence-corrected chi connectivity index (χ0v) is 10.7. The van der Waals surface area contributed by atoms with Gasteiger partial charge in [-0.2, -0.15) is 0 Å². The summed E-state index contributed by atoms with van der Waals surface area (Å²) < 4.78 is 6.21. The number of halogens is 1. The molecule has 2 rings (SSSR count). The number of benzene rings is 1. The second-order valence-corrected chi connectivity index (χ2v) is 5.01. The minimum atomic E-state index is -0.296. The molecule has 2 atom stereocenters. The molecule has 1 heterocycles. The molecule has 0 amide bonds. The first-order valence-electron chi connectivity index (χ1n) is 5.30. The van der Waals surface area contributed by atoms with Crippen molar-refractivity contribution in [1.82, 2.24) is 0 Å². The average Bonchev–Trinajstić information content (AvgIpc) is 2.67. The Kier molecular flexibility index (Phi) is 3.30. The van der Waals surface area contributed by atoms with Crippen LogP contribution in [0.25, 0.3) is 0 Å². The Balaban J connectivity index is 2.23. The van der Waals surface area contributed by atoms with E-state index in [0.717, 1.165) is 10.9 Å². The lowest BCUT2D eigenvalue weighted by atomic mass is 9.96. The number of hydrogen-bond donors (Lipinski definition) is 1. The van der Waals surface area contributed by atoms with Gasteiger partial charge in [-0.25, -0.2) is 0 Å². The highest BCUT2D eigenvalue weighted by molar-refractivity contribution is 9.10. The van der Waals surface area contributed by atoms with E-state index < -0.39 is 0 Å². The van der Waals surface area contributed by atoms with Gasteiger partial charge in [-0.3, -0.25) is 4.79 Å². The summed E-state index contributed by atoms with van der Waals surface area (Å²) in [4.78, 5) is 12.1. The zero-order chi connectivity index (χ0) is 11.7. The van der Waals surface area contributed by atoms with Gasteiger partial charge < -0.3 is 10.5 Å². The molecule has 1 fully saturated rings. The molecule has 4 heteroatoms. The molecule has 0 spiro atoms. The fourth-order valence-corrected chi connectivity index (χ4v) is 2.25. The van der Waals surface area contributed by atoms with Crippen LogP contribution in [-0.2, 0) is 4.74 Å². The maximum Gasteiger partial charge on any atom is 0.191 e. The number of carbonyl (C=O) groups excluding carboxylic acids is 1. The molecule has 0 saturated carbocycles. The van der Waals surface area contributed by atoms with Crippen molar-refractivity contribution < 1.29 is 9.53 Å². The highest BCUT2D eigenvalue weighted by Crippen LogP contribution is 2.26. The van der Waals surface area contributed by atoms with Gasteiger partial charge in [0.05, 0.1) is 0 Å². The van der Waals surface area contributed by atoms with Crippen LogP contribution in [-0.4, -0.2) is 18.5 Å². The highest BCUT2D eigenvalue weighted by Gasteiger charge is 2.31. The lowest BCUT2D eigenvalue weighted by molar-refractivity contribution is 0.0579. The lowest BCUT2D eigenvalue weighted by Crippen LogP contribution is -2.25. The Labute approximate surface area is 103 Å². The zero-order valence-electron chi connectivity index (χ0n) is 9.07. The van der Waals surface area contributed by atoms with Gasteiger partial charge in [-0.1, -0.05) is 6.92 Å². The van der Waals surface area contributed by atoms with E-state index >= 15 is 0 Å². The van der Waals surface area contributed by atoms with E-state index in [1.165, 1.54) is 0 Å². The molecule has 0 radical (unpaired) electrons. The molecule has 1 saturated heterocycles. The Morgan fingerprint density at radius 2 is 2.31 bits per heavy atom. The Morgan fingerprint density at radius 3 is 2.88 bits per heavy atom. The fourth-order valence-electron chi connectivity index (χ4n) is 1.88. The van der Waals surface area contributed by atoms with Gasteiger partial charge in [-0.15, -0.1) is 0 Å². The first-order valence-corrected chi connectivity index (χ1v) is 6.09. The molecule has 0 bridgehead atoms. The third-order valence-electron chi connectivity index (χ3n) is 2.93. The maximum atomic E-state index is 12.1. The second-order valence-electron chi connectivity index (χ2n) is 4.16. The van der Waals surface area contributed by atoms with Crippen molar-refractivity contribution in [2.24, 2.45) is 5.92 Å². The Hall–Kier alpha value is -0.870. The van der Waals surface area contributed by atoms with Crippen molar-refractivity contribution in [3.63, 3.8) is 0 Å². The van der Waals surface area contributed by atoms with Crippen LogP contribution in [0.1, 0.15) is 23.7 Å². The molecule has 1 aliphatic rings. The second kappa shape index (κ2) is 4.55. The molecule has 1 aromatic carbocycles. The molecular weight excluding hydrogens is 270 g/mol. The number of ketones is 1. The number of anilines is 1. The number of carbonyl (C=O) groups is 1. The van der Waals surface area contributed by atoms with Crippen LogP contribution < -0.4 is 5.73 Å². The quantitative estimate of drug-likeness (QED) is 0.671. The van der Waals surface area contributed by atoms with Crippen LogP contribution in [0.2, 0.25) is 0 Å². The topological polar surface area (TPSA) is 52.3 Å². The maximum absolute atomic E-state index is 12.1. The van der Waals surface area contributed by atoms with Gasteiger partial charge in [-0.05, 0) is 46.5 Å². The SMILES string of the molecule is CC1CCOC1C(=O)c1ccc(N)c(Br)c1. The monoisotopic (exact) mass is 283 g/mol. The van der Waals surface area contributed by atoms with E-state index in [-0.39, 0.29) is 11.9 Å². The summed E-state index contributed by atoms with van der Waals surface area (Å²) in [5.41, 5.74) is 6.97. The predicted molar refractivity (Wildman–Crippen MR) is 66.4 cm³/mol. The van der Waals surface area contributed by atoms with Crippen molar-refractivity contribution in [2.45, 2.75) is 19.4 Å². The van der Waals surface area contributed by atoms with E-state index in [9.17, 15) is 4.79 Å². The van der Waals surface area contributed by atoms with Crippen molar-refractivity contribution in [2.75, 3.05) is 12.3 Å². The first-order chi connectivity index (χ1) is 7.59. The van der Waals surface area contributed by atoms with Gasteiger partial charge in [0.1, 0.15) is 6.10 Å². The number of ether oxygens (including phenoxy) is 1. The van der Waals surface area contributed by atoms with Gasteiger partial charge in [0.2, 0.25) is 0 Å². The van der Waals surface area contributed by atoms with E-state index in [1.54, 1.807) is 18.2 Å². The average molecular weight is 284 g/mol. The van der Waals surface area contributed by atoms with Gasteiger partial charge in [0, 0.05) is 22.3 Å². The van der Waals surface area contributed by atoms with Crippen molar-refractivity contribution >= 4 is 27.4 Å². The van der Waals surface area contributed by atoms with Crippen LogP contribution in [0.15, 0.2) is 22.7 Å². The minimum absolute atomic E-state index is 0.0469. The lowest BCUT2D eigenvalue weighted by Gasteiger charge is -2.13. The summed E-state index contributed by atoms with van der Waals surface area (Å²) >= 11 is 3.32. The number of Topliss-reactive ketones (excluding diaryl/α,β-unsaturated/α-hetero) is 1. The summed E-state index contributed by atoms with van der Waals surface area (Å²) in [7, 11) is 0. The molecule has 3 nitrogen and oxygen atoms in total. The minimum Gasteiger partial charge on any atom is -0.398 e. The Morgan fingerprint density at radius 1 is 1.56 bits per heavy atom. The summed E-state index contributed by atoms with van der Waals surface area (Å²) in [5.74, 6) is 0.342. The molecule has 0 aromatic heterocycles. The molecule has 86 valence electrons. The summed E-state index contributed by atoms with van der Waals surface area (Å²) in [5, 5.41) is 0. The van der Waals surface area contributed by atoms with Gasteiger partial charge >= 0.3 is 0 Å².